The van der Waals surface area contributed by atoms with E-state index in [-0.39, 0.29) is 12.5 Å². The molecule has 172 valence electrons. The van der Waals surface area contributed by atoms with E-state index in [1.54, 1.807) is 54.0 Å². The van der Waals surface area contributed by atoms with E-state index >= 15 is 0 Å². The average molecular weight is 459 g/mol. The Balaban J connectivity index is 1.58. The van der Waals surface area contributed by atoms with Crippen molar-refractivity contribution in [2.45, 2.75) is 38.4 Å². The predicted molar refractivity (Wildman–Crippen MR) is 127 cm³/mol. The molecule has 0 radical (unpaired) electrons. The van der Waals surface area contributed by atoms with E-state index in [0.717, 1.165) is 52.9 Å². The quantitative estimate of drug-likeness (QED) is 0.297. The number of hydrogen-bond donors (Lipinski definition) is 2. The van der Waals surface area contributed by atoms with Crippen LogP contribution in [-0.4, -0.2) is 58.2 Å². The lowest BCUT2D eigenvalue weighted by Gasteiger charge is -2.10. The SMILES string of the molecule is CCCNc1nc(SCCC)nc2c1cnn2CCNC(=O)COc1ccc(OC)cc1. The highest BCUT2D eigenvalue weighted by atomic mass is 32.2. The second-order valence-electron chi connectivity index (χ2n) is 7.05. The highest BCUT2D eigenvalue weighted by Gasteiger charge is 2.13. The Morgan fingerprint density at radius 3 is 2.59 bits per heavy atom. The lowest BCUT2D eigenvalue weighted by Crippen LogP contribution is -2.31. The van der Waals surface area contributed by atoms with Crippen molar-refractivity contribution in [1.29, 1.82) is 0 Å². The van der Waals surface area contributed by atoms with Gasteiger partial charge in [-0.3, -0.25) is 4.79 Å². The monoisotopic (exact) mass is 458 g/mol. The maximum Gasteiger partial charge on any atom is 0.258 e. The van der Waals surface area contributed by atoms with Crippen LogP contribution in [0.3, 0.4) is 0 Å². The lowest BCUT2D eigenvalue weighted by atomic mass is 10.3. The minimum atomic E-state index is -0.198. The molecule has 0 atom stereocenters. The third kappa shape index (κ3) is 6.49. The molecule has 32 heavy (non-hydrogen) atoms. The van der Waals surface area contributed by atoms with E-state index in [1.165, 1.54) is 0 Å². The normalized spacial score (nSPS) is 10.8. The average Bonchev–Trinajstić information content (AvgIpc) is 3.23. The fourth-order valence-corrected chi connectivity index (χ4v) is 3.60. The van der Waals surface area contributed by atoms with Crippen LogP contribution >= 0.6 is 11.8 Å². The first-order chi connectivity index (χ1) is 15.6. The number of hydrogen-bond acceptors (Lipinski definition) is 8. The Hall–Kier alpha value is -3.01. The molecule has 0 saturated carbocycles. The summed E-state index contributed by atoms with van der Waals surface area (Å²) in [5, 5.41) is 12.3. The van der Waals surface area contributed by atoms with Gasteiger partial charge in [0, 0.05) is 18.8 Å². The molecule has 0 unspecified atom stereocenters. The maximum atomic E-state index is 12.1. The number of aromatic nitrogens is 4. The van der Waals surface area contributed by atoms with Gasteiger partial charge in [0.25, 0.3) is 5.91 Å². The number of nitrogens with zero attached hydrogens (tertiary/aromatic N) is 4. The van der Waals surface area contributed by atoms with E-state index in [0.29, 0.717) is 18.8 Å². The van der Waals surface area contributed by atoms with Crippen molar-refractivity contribution in [2.75, 3.05) is 37.9 Å². The number of nitrogens with one attached hydrogen (secondary N) is 2. The van der Waals surface area contributed by atoms with Crippen LogP contribution < -0.4 is 20.1 Å². The smallest absolute Gasteiger partial charge is 0.258 e. The molecule has 3 aromatic rings. The van der Waals surface area contributed by atoms with Gasteiger partial charge in [-0.2, -0.15) is 5.10 Å². The Labute approximate surface area is 192 Å². The van der Waals surface area contributed by atoms with Crippen LogP contribution in [0.5, 0.6) is 11.5 Å². The molecule has 2 aromatic heterocycles. The molecule has 0 fully saturated rings. The molecule has 1 amide bonds. The summed E-state index contributed by atoms with van der Waals surface area (Å²) in [5.74, 6) is 2.91. The summed E-state index contributed by atoms with van der Waals surface area (Å²) in [4.78, 5) is 21.5. The van der Waals surface area contributed by atoms with Gasteiger partial charge in [-0.1, -0.05) is 25.6 Å². The zero-order chi connectivity index (χ0) is 22.8. The molecule has 0 aliphatic carbocycles. The van der Waals surface area contributed by atoms with Gasteiger partial charge in [-0.15, -0.1) is 0 Å². The second-order valence-corrected chi connectivity index (χ2v) is 8.11. The summed E-state index contributed by atoms with van der Waals surface area (Å²) >= 11 is 1.63. The summed E-state index contributed by atoms with van der Waals surface area (Å²) in [5.41, 5.74) is 0.765. The summed E-state index contributed by atoms with van der Waals surface area (Å²) < 4.78 is 12.4. The lowest BCUT2D eigenvalue weighted by molar-refractivity contribution is -0.123. The molecule has 3 rings (SSSR count). The minimum absolute atomic E-state index is 0.0583. The number of benzene rings is 1. The van der Waals surface area contributed by atoms with Gasteiger partial charge in [0.2, 0.25) is 0 Å². The number of ether oxygens (including phenoxy) is 2. The summed E-state index contributed by atoms with van der Waals surface area (Å²) in [6.45, 7) is 5.94. The largest absolute Gasteiger partial charge is 0.497 e. The standard InChI is InChI=1S/C22H30N6O3S/c1-4-10-24-20-18-14-25-28(21(18)27-22(26-20)32-13-5-2)12-11-23-19(29)15-31-17-8-6-16(30-3)7-9-17/h6-9,14H,4-5,10-13,15H2,1-3H3,(H,23,29)(H,24,26,27). The first kappa shape index (κ1) is 23.6. The maximum absolute atomic E-state index is 12.1. The van der Waals surface area contributed by atoms with E-state index < -0.39 is 0 Å². The van der Waals surface area contributed by atoms with E-state index in [9.17, 15) is 4.79 Å². The van der Waals surface area contributed by atoms with Crippen LogP contribution in [0.1, 0.15) is 26.7 Å². The summed E-state index contributed by atoms with van der Waals surface area (Å²) in [6, 6.07) is 7.10. The number of carbonyl (C=O) groups is 1. The number of anilines is 1. The van der Waals surface area contributed by atoms with Gasteiger partial charge >= 0.3 is 0 Å². The van der Waals surface area contributed by atoms with E-state index in [4.69, 9.17) is 14.5 Å². The Morgan fingerprint density at radius 1 is 1.09 bits per heavy atom. The summed E-state index contributed by atoms with van der Waals surface area (Å²) in [6.07, 6.45) is 3.82. The summed E-state index contributed by atoms with van der Waals surface area (Å²) in [7, 11) is 1.60. The van der Waals surface area contributed by atoms with E-state index in [1.807, 2.05) is 0 Å². The third-order valence-corrected chi connectivity index (χ3v) is 5.58. The van der Waals surface area contributed by atoms with Crippen LogP contribution in [0.25, 0.3) is 11.0 Å². The molecule has 0 bridgehead atoms. The second kappa shape index (κ2) is 12.1. The first-order valence-electron chi connectivity index (χ1n) is 10.8. The molecule has 2 N–H and O–H groups in total. The van der Waals surface area contributed by atoms with Gasteiger partial charge in [0.1, 0.15) is 17.3 Å². The number of rotatable bonds is 13. The van der Waals surface area contributed by atoms with Gasteiger partial charge in [-0.05, 0) is 37.1 Å². The number of carbonyl (C=O) groups excluding carboxylic acids is 1. The van der Waals surface area contributed by atoms with Crippen molar-refractivity contribution in [3.63, 3.8) is 0 Å². The molecule has 9 nitrogen and oxygen atoms in total. The molecular formula is C22H30N6O3S. The Morgan fingerprint density at radius 2 is 1.88 bits per heavy atom. The highest BCUT2D eigenvalue weighted by Crippen LogP contribution is 2.24. The third-order valence-electron chi connectivity index (χ3n) is 4.53. The van der Waals surface area contributed by atoms with Crippen LogP contribution in [-0.2, 0) is 11.3 Å². The molecular weight excluding hydrogens is 428 g/mol. The van der Waals surface area contributed by atoms with Gasteiger partial charge in [0.15, 0.2) is 17.4 Å². The molecule has 0 spiro atoms. The molecule has 2 heterocycles. The number of methoxy groups -OCH3 is 1. The molecule has 10 heteroatoms. The van der Waals surface area contributed by atoms with Crippen LogP contribution in [0.4, 0.5) is 5.82 Å². The Bertz CT molecular complexity index is 1010. The van der Waals surface area contributed by atoms with Crippen LogP contribution in [0.15, 0.2) is 35.6 Å². The number of amides is 1. The zero-order valence-corrected chi connectivity index (χ0v) is 19.6. The Kier molecular flexibility index (Phi) is 8.97. The van der Waals surface area contributed by atoms with Crippen molar-refractivity contribution in [1.82, 2.24) is 25.1 Å². The van der Waals surface area contributed by atoms with Gasteiger partial charge in [0.05, 0.1) is 25.2 Å². The van der Waals surface area contributed by atoms with Crippen molar-refractivity contribution in [3.8, 4) is 11.5 Å². The fourth-order valence-electron chi connectivity index (χ4n) is 2.91. The molecule has 0 saturated heterocycles. The fraction of sp³-hybridized carbons (Fsp3) is 0.455. The highest BCUT2D eigenvalue weighted by molar-refractivity contribution is 7.99. The van der Waals surface area contributed by atoms with Gasteiger partial charge in [-0.25, -0.2) is 14.6 Å². The van der Waals surface area contributed by atoms with Crippen molar-refractivity contribution in [2.24, 2.45) is 0 Å². The molecule has 0 aliphatic rings. The molecule has 1 aromatic carbocycles. The predicted octanol–water partition coefficient (Wildman–Crippen LogP) is 3.35. The first-order valence-corrected chi connectivity index (χ1v) is 11.8. The number of fused-ring (bicyclic) bond motifs is 1. The zero-order valence-electron chi connectivity index (χ0n) is 18.8. The topological polar surface area (TPSA) is 103 Å². The van der Waals surface area contributed by atoms with Crippen molar-refractivity contribution < 1.29 is 14.3 Å². The molecule has 0 aliphatic heterocycles. The van der Waals surface area contributed by atoms with Crippen molar-refractivity contribution >= 4 is 34.5 Å². The van der Waals surface area contributed by atoms with Crippen LogP contribution in [0.2, 0.25) is 0 Å². The van der Waals surface area contributed by atoms with E-state index in [2.05, 4.69) is 34.6 Å². The number of thioether (sulfide) groups is 1. The van der Waals surface area contributed by atoms with Gasteiger partial charge < -0.3 is 20.1 Å². The van der Waals surface area contributed by atoms with Crippen molar-refractivity contribution in [3.05, 3.63) is 30.5 Å². The van der Waals surface area contributed by atoms with Crippen LogP contribution in [0, 0.1) is 0 Å². The minimum Gasteiger partial charge on any atom is -0.497 e.